The van der Waals surface area contributed by atoms with Crippen molar-refractivity contribution >= 4 is 22.7 Å². The predicted octanol–water partition coefficient (Wildman–Crippen LogP) is 5.08. The molecule has 0 aliphatic heterocycles. The van der Waals surface area contributed by atoms with Crippen molar-refractivity contribution in [1.82, 2.24) is 19.5 Å². The van der Waals surface area contributed by atoms with Crippen molar-refractivity contribution in [2.75, 3.05) is 5.32 Å². The van der Waals surface area contributed by atoms with Gasteiger partial charge in [-0.25, -0.2) is 19.3 Å². The van der Waals surface area contributed by atoms with E-state index in [1.54, 1.807) is 0 Å². The zero-order chi connectivity index (χ0) is 20.6. The lowest BCUT2D eigenvalue weighted by Gasteiger charge is -2.11. The molecule has 4 rings (SSSR count). The van der Waals surface area contributed by atoms with E-state index in [2.05, 4.69) is 20.3 Å². The SMILES string of the molecule is Cc1ccc(Cn2cnc3c(Nc4cccc(F)c4)nc(C(F)(F)F)nc32)cc1. The van der Waals surface area contributed by atoms with Gasteiger partial charge in [0.05, 0.1) is 12.9 Å². The molecule has 0 amide bonds. The van der Waals surface area contributed by atoms with Crippen LogP contribution in [0.4, 0.5) is 29.1 Å². The number of aryl methyl sites for hydroxylation is 1. The van der Waals surface area contributed by atoms with Gasteiger partial charge in [0.15, 0.2) is 17.0 Å². The number of alkyl halides is 3. The summed E-state index contributed by atoms with van der Waals surface area (Å²) >= 11 is 0. The topological polar surface area (TPSA) is 55.6 Å². The first-order valence-electron chi connectivity index (χ1n) is 8.68. The molecule has 0 atom stereocenters. The van der Waals surface area contributed by atoms with E-state index in [4.69, 9.17) is 0 Å². The van der Waals surface area contributed by atoms with Crippen LogP contribution in [0.2, 0.25) is 0 Å². The first kappa shape index (κ1) is 18.9. The Balaban J connectivity index is 1.80. The molecule has 0 fully saturated rings. The van der Waals surface area contributed by atoms with Crippen LogP contribution in [0.15, 0.2) is 54.9 Å². The summed E-state index contributed by atoms with van der Waals surface area (Å²) in [6.45, 7) is 2.24. The average molecular weight is 401 g/mol. The number of nitrogens with one attached hydrogen (secondary N) is 1. The summed E-state index contributed by atoms with van der Waals surface area (Å²) in [5, 5.41) is 2.72. The van der Waals surface area contributed by atoms with Gasteiger partial charge in [0, 0.05) is 5.69 Å². The fourth-order valence-corrected chi connectivity index (χ4v) is 2.87. The van der Waals surface area contributed by atoms with Gasteiger partial charge in [-0.15, -0.1) is 0 Å². The van der Waals surface area contributed by atoms with Gasteiger partial charge in [0.1, 0.15) is 5.82 Å². The maximum absolute atomic E-state index is 13.5. The molecule has 0 radical (unpaired) electrons. The van der Waals surface area contributed by atoms with Gasteiger partial charge in [-0.2, -0.15) is 13.2 Å². The fraction of sp³-hybridized carbons (Fsp3) is 0.150. The zero-order valence-corrected chi connectivity index (χ0v) is 15.2. The molecule has 0 aliphatic rings. The Kier molecular flexibility index (Phi) is 4.65. The van der Waals surface area contributed by atoms with Crippen LogP contribution in [0.5, 0.6) is 0 Å². The van der Waals surface area contributed by atoms with E-state index >= 15 is 0 Å². The highest BCUT2D eigenvalue weighted by atomic mass is 19.4. The van der Waals surface area contributed by atoms with E-state index < -0.39 is 17.8 Å². The van der Waals surface area contributed by atoms with Crippen molar-refractivity contribution in [2.45, 2.75) is 19.6 Å². The second-order valence-corrected chi connectivity index (χ2v) is 6.56. The van der Waals surface area contributed by atoms with Crippen LogP contribution < -0.4 is 5.32 Å². The Labute approximate surface area is 163 Å². The highest BCUT2D eigenvalue weighted by Gasteiger charge is 2.36. The van der Waals surface area contributed by atoms with Crippen LogP contribution >= 0.6 is 0 Å². The average Bonchev–Trinajstić information content (AvgIpc) is 3.06. The minimum atomic E-state index is -4.74. The highest BCUT2D eigenvalue weighted by Crippen LogP contribution is 2.31. The Morgan fingerprint density at radius 2 is 1.79 bits per heavy atom. The molecule has 2 aromatic heterocycles. The fourth-order valence-electron chi connectivity index (χ4n) is 2.87. The van der Waals surface area contributed by atoms with Gasteiger partial charge in [0.25, 0.3) is 0 Å². The van der Waals surface area contributed by atoms with Gasteiger partial charge in [0.2, 0.25) is 5.82 Å². The summed E-state index contributed by atoms with van der Waals surface area (Å²) < 4.78 is 55.1. The summed E-state index contributed by atoms with van der Waals surface area (Å²) in [6.07, 6.45) is -3.33. The van der Waals surface area contributed by atoms with Crippen LogP contribution in [0.25, 0.3) is 11.2 Å². The summed E-state index contributed by atoms with van der Waals surface area (Å²) in [4.78, 5) is 11.5. The number of fused-ring (bicyclic) bond motifs is 1. The predicted molar refractivity (Wildman–Crippen MR) is 100 cm³/mol. The Bertz CT molecular complexity index is 1170. The van der Waals surface area contributed by atoms with Gasteiger partial charge in [-0.1, -0.05) is 35.9 Å². The van der Waals surface area contributed by atoms with E-state index in [1.807, 2.05) is 31.2 Å². The summed E-state index contributed by atoms with van der Waals surface area (Å²) in [7, 11) is 0. The van der Waals surface area contributed by atoms with E-state index in [9.17, 15) is 17.6 Å². The molecule has 0 bridgehead atoms. The first-order chi connectivity index (χ1) is 13.8. The summed E-state index contributed by atoms with van der Waals surface area (Å²) in [5.74, 6) is -1.97. The number of aromatic nitrogens is 4. The largest absolute Gasteiger partial charge is 0.451 e. The molecule has 9 heteroatoms. The molecule has 5 nitrogen and oxygen atoms in total. The molecule has 0 unspecified atom stereocenters. The Hall–Kier alpha value is -3.49. The third-order valence-electron chi connectivity index (χ3n) is 4.28. The first-order valence-corrected chi connectivity index (χ1v) is 8.68. The lowest BCUT2D eigenvalue weighted by Crippen LogP contribution is -2.14. The number of halogens is 4. The second kappa shape index (κ2) is 7.16. The minimum absolute atomic E-state index is 0.0341. The molecule has 0 saturated heterocycles. The van der Waals surface area contributed by atoms with Crippen LogP contribution in [0.1, 0.15) is 17.0 Å². The molecule has 148 valence electrons. The molecular weight excluding hydrogens is 386 g/mol. The van der Waals surface area contributed by atoms with Crippen molar-refractivity contribution in [1.29, 1.82) is 0 Å². The monoisotopic (exact) mass is 401 g/mol. The smallest absolute Gasteiger partial charge is 0.338 e. The molecule has 29 heavy (non-hydrogen) atoms. The summed E-state index contributed by atoms with van der Waals surface area (Å²) in [6, 6.07) is 13.0. The number of rotatable bonds is 4. The number of imidazole rings is 1. The number of nitrogens with zero attached hydrogens (tertiary/aromatic N) is 4. The number of anilines is 2. The number of hydrogen-bond acceptors (Lipinski definition) is 4. The molecule has 0 spiro atoms. The van der Waals surface area contributed by atoms with Crippen molar-refractivity contribution < 1.29 is 17.6 Å². The molecular formula is C20H15F4N5. The van der Waals surface area contributed by atoms with E-state index in [-0.39, 0.29) is 22.7 Å². The second-order valence-electron chi connectivity index (χ2n) is 6.56. The maximum Gasteiger partial charge on any atom is 0.451 e. The quantitative estimate of drug-likeness (QED) is 0.485. The van der Waals surface area contributed by atoms with Gasteiger partial charge >= 0.3 is 6.18 Å². The van der Waals surface area contributed by atoms with E-state index in [0.29, 0.717) is 6.54 Å². The van der Waals surface area contributed by atoms with Crippen LogP contribution in [-0.4, -0.2) is 19.5 Å². The van der Waals surface area contributed by atoms with Crippen molar-refractivity contribution in [3.05, 3.63) is 77.6 Å². The number of benzene rings is 2. The lowest BCUT2D eigenvalue weighted by atomic mass is 10.1. The molecule has 0 aliphatic carbocycles. The standard InChI is InChI=1S/C20H15F4N5/c1-12-5-7-13(8-6-12)10-29-11-25-16-17(26-15-4-2-3-14(21)9-15)27-19(20(22,23)24)28-18(16)29/h2-9,11H,10H2,1H3,(H,26,27,28). The molecule has 1 N–H and O–H groups in total. The molecule has 2 aromatic carbocycles. The lowest BCUT2D eigenvalue weighted by molar-refractivity contribution is -0.144. The number of hydrogen-bond donors (Lipinski definition) is 1. The third-order valence-corrected chi connectivity index (χ3v) is 4.28. The van der Waals surface area contributed by atoms with Crippen molar-refractivity contribution in [3.63, 3.8) is 0 Å². The highest BCUT2D eigenvalue weighted by molar-refractivity contribution is 5.85. The van der Waals surface area contributed by atoms with Crippen LogP contribution in [0.3, 0.4) is 0 Å². The maximum atomic E-state index is 13.5. The molecule has 4 aromatic rings. The third kappa shape index (κ3) is 4.03. The zero-order valence-electron chi connectivity index (χ0n) is 15.2. The van der Waals surface area contributed by atoms with Gasteiger partial charge < -0.3 is 9.88 Å². The Morgan fingerprint density at radius 1 is 1.03 bits per heavy atom. The van der Waals surface area contributed by atoms with E-state index in [0.717, 1.165) is 17.2 Å². The van der Waals surface area contributed by atoms with Crippen LogP contribution in [-0.2, 0) is 12.7 Å². The van der Waals surface area contributed by atoms with Gasteiger partial charge in [-0.05, 0) is 30.7 Å². The minimum Gasteiger partial charge on any atom is -0.338 e. The van der Waals surface area contributed by atoms with Crippen molar-refractivity contribution in [3.8, 4) is 0 Å². The normalized spacial score (nSPS) is 11.8. The van der Waals surface area contributed by atoms with E-state index in [1.165, 1.54) is 29.1 Å². The molecule has 0 saturated carbocycles. The van der Waals surface area contributed by atoms with Crippen molar-refractivity contribution in [2.24, 2.45) is 0 Å². The molecule has 2 heterocycles. The van der Waals surface area contributed by atoms with Crippen LogP contribution in [0, 0.1) is 12.7 Å². The summed E-state index contributed by atoms with van der Waals surface area (Å²) in [5.41, 5.74) is 2.42. The Morgan fingerprint density at radius 3 is 2.48 bits per heavy atom. The van der Waals surface area contributed by atoms with Gasteiger partial charge in [-0.3, -0.25) is 0 Å².